The predicted molar refractivity (Wildman–Crippen MR) is 108 cm³/mol. The van der Waals surface area contributed by atoms with E-state index in [0.29, 0.717) is 29.1 Å². The third-order valence-electron chi connectivity index (χ3n) is 4.03. The molecule has 2 aromatic carbocycles. The summed E-state index contributed by atoms with van der Waals surface area (Å²) in [5.74, 6) is 1.08. The number of hydrogen-bond acceptors (Lipinski definition) is 6. The first-order chi connectivity index (χ1) is 13.6. The van der Waals surface area contributed by atoms with Gasteiger partial charge in [-0.25, -0.2) is 4.79 Å². The van der Waals surface area contributed by atoms with Gasteiger partial charge in [0.05, 0.1) is 18.9 Å². The summed E-state index contributed by atoms with van der Waals surface area (Å²) in [6, 6.07) is 14.7. The number of aryl methyl sites for hydroxylation is 1. The number of aromatic amines is 1. The van der Waals surface area contributed by atoms with Crippen molar-refractivity contribution in [1.29, 1.82) is 0 Å². The molecule has 7 nitrogen and oxygen atoms in total. The Morgan fingerprint density at radius 3 is 2.71 bits per heavy atom. The first-order valence-electron chi connectivity index (χ1n) is 8.72. The van der Waals surface area contributed by atoms with Gasteiger partial charge in [0.15, 0.2) is 5.82 Å². The molecule has 1 aromatic heterocycles. The zero-order chi connectivity index (χ0) is 19.9. The number of methoxy groups -OCH3 is 1. The zero-order valence-corrected chi connectivity index (χ0v) is 16.4. The quantitative estimate of drug-likeness (QED) is 0.374. The number of aromatic nitrogens is 3. The number of nitrogens with one attached hydrogen (secondary N) is 1. The second kappa shape index (κ2) is 9.09. The Kier molecular flexibility index (Phi) is 6.33. The van der Waals surface area contributed by atoms with Crippen molar-refractivity contribution in [3.8, 4) is 5.75 Å². The molecular formula is C20H20N4O3S. The highest BCUT2D eigenvalue weighted by Crippen LogP contribution is 2.18. The number of benzene rings is 2. The summed E-state index contributed by atoms with van der Waals surface area (Å²) in [5.41, 5.74) is 2.26. The fraction of sp³-hybridized carbons (Fsp3) is 0.200. The van der Waals surface area contributed by atoms with Crippen LogP contribution in [0.25, 0.3) is 0 Å². The van der Waals surface area contributed by atoms with E-state index in [-0.39, 0.29) is 5.97 Å². The van der Waals surface area contributed by atoms with Crippen LogP contribution in [0.4, 0.5) is 0 Å². The molecule has 0 amide bonds. The van der Waals surface area contributed by atoms with Crippen LogP contribution in [0.5, 0.6) is 5.75 Å². The van der Waals surface area contributed by atoms with Crippen molar-refractivity contribution in [3.63, 3.8) is 0 Å². The molecule has 28 heavy (non-hydrogen) atoms. The highest BCUT2D eigenvalue weighted by Gasteiger charge is 2.06. The molecular weight excluding hydrogens is 376 g/mol. The number of H-pyrrole nitrogens is 1. The van der Waals surface area contributed by atoms with E-state index in [1.54, 1.807) is 23.0 Å². The van der Waals surface area contributed by atoms with Gasteiger partial charge in [-0.2, -0.15) is 14.9 Å². The number of esters is 1. The number of ether oxygens (including phenoxy) is 2. The largest absolute Gasteiger partial charge is 0.488 e. The molecule has 0 spiro atoms. The monoisotopic (exact) mass is 396 g/mol. The van der Waals surface area contributed by atoms with Gasteiger partial charge in [-0.05, 0) is 42.0 Å². The van der Waals surface area contributed by atoms with Crippen molar-refractivity contribution in [1.82, 2.24) is 14.9 Å². The van der Waals surface area contributed by atoms with E-state index in [4.69, 9.17) is 21.7 Å². The van der Waals surface area contributed by atoms with E-state index in [9.17, 15) is 4.79 Å². The molecule has 8 heteroatoms. The second-order valence-electron chi connectivity index (χ2n) is 5.87. The van der Waals surface area contributed by atoms with E-state index >= 15 is 0 Å². The molecule has 0 saturated carbocycles. The lowest BCUT2D eigenvalue weighted by molar-refractivity contribution is 0.0600. The molecule has 0 atom stereocenters. The first-order valence-corrected chi connectivity index (χ1v) is 9.13. The molecule has 1 N–H and O–H groups in total. The van der Waals surface area contributed by atoms with Crippen molar-refractivity contribution >= 4 is 24.4 Å². The highest BCUT2D eigenvalue weighted by molar-refractivity contribution is 7.71. The molecule has 0 aliphatic heterocycles. The van der Waals surface area contributed by atoms with Crippen molar-refractivity contribution in [2.75, 3.05) is 7.11 Å². The van der Waals surface area contributed by atoms with E-state index in [1.807, 2.05) is 43.3 Å². The van der Waals surface area contributed by atoms with Crippen molar-refractivity contribution in [2.45, 2.75) is 20.0 Å². The summed E-state index contributed by atoms with van der Waals surface area (Å²) in [4.78, 5) is 11.5. The van der Waals surface area contributed by atoms with Crippen LogP contribution >= 0.6 is 12.2 Å². The van der Waals surface area contributed by atoms with Gasteiger partial charge < -0.3 is 9.47 Å². The van der Waals surface area contributed by atoms with E-state index in [2.05, 4.69) is 15.3 Å². The number of nitrogens with zero attached hydrogens (tertiary/aromatic N) is 3. The molecule has 144 valence electrons. The predicted octanol–water partition coefficient (Wildman–Crippen LogP) is 3.75. The smallest absolute Gasteiger partial charge is 0.337 e. The van der Waals surface area contributed by atoms with Gasteiger partial charge in [-0.15, -0.1) is 0 Å². The molecule has 0 aliphatic carbocycles. The average molecular weight is 396 g/mol. The maximum atomic E-state index is 11.5. The van der Waals surface area contributed by atoms with Crippen LogP contribution < -0.4 is 4.74 Å². The average Bonchev–Trinajstić information content (AvgIpc) is 3.10. The number of carbonyl (C=O) groups is 1. The number of carbonyl (C=O) groups excluding carboxylic acids is 1. The molecule has 0 bridgehead atoms. The lowest BCUT2D eigenvalue weighted by Crippen LogP contribution is -2.03. The SMILES string of the molecule is CCc1n[nH]c(=S)n1/N=C/c1ccccc1OCc1ccc(C(=O)OC)cc1. The highest BCUT2D eigenvalue weighted by atomic mass is 32.1. The van der Waals surface area contributed by atoms with Crippen molar-refractivity contribution < 1.29 is 14.3 Å². The maximum Gasteiger partial charge on any atom is 0.337 e. The third-order valence-corrected chi connectivity index (χ3v) is 4.30. The van der Waals surface area contributed by atoms with Gasteiger partial charge in [0.2, 0.25) is 4.77 Å². The Balaban J connectivity index is 1.74. The van der Waals surface area contributed by atoms with E-state index < -0.39 is 0 Å². The summed E-state index contributed by atoms with van der Waals surface area (Å²) in [6.45, 7) is 2.34. The topological polar surface area (TPSA) is 81.5 Å². The molecule has 0 radical (unpaired) electrons. The van der Waals surface area contributed by atoms with Crippen LogP contribution in [0.15, 0.2) is 53.6 Å². The van der Waals surface area contributed by atoms with Gasteiger partial charge >= 0.3 is 5.97 Å². The normalized spacial score (nSPS) is 10.9. The van der Waals surface area contributed by atoms with Crippen LogP contribution in [0.3, 0.4) is 0 Å². The summed E-state index contributed by atoms with van der Waals surface area (Å²) < 4.78 is 12.7. The molecule has 1 heterocycles. The third kappa shape index (κ3) is 4.52. The van der Waals surface area contributed by atoms with Crippen molar-refractivity contribution in [2.24, 2.45) is 5.10 Å². The van der Waals surface area contributed by atoms with Crippen LogP contribution in [-0.4, -0.2) is 34.2 Å². The zero-order valence-electron chi connectivity index (χ0n) is 15.6. The fourth-order valence-corrected chi connectivity index (χ4v) is 2.72. The van der Waals surface area contributed by atoms with Gasteiger partial charge in [0.1, 0.15) is 12.4 Å². The lowest BCUT2D eigenvalue weighted by atomic mass is 10.1. The van der Waals surface area contributed by atoms with Crippen LogP contribution in [0.2, 0.25) is 0 Å². The second-order valence-corrected chi connectivity index (χ2v) is 6.26. The Hall–Kier alpha value is -3.26. The summed E-state index contributed by atoms with van der Waals surface area (Å²) in [6.07, 6.45) is 2.41. The summed E-state index contributed by atoms with van der Waals surface area (Å²) in [5, 5.41) is 11.3. The molecule has 0 saturated heterocycles. The molecule has 3 aromatic rings. The Morgan fingerprint density at radius 2 is 2.00 bits per heavy atom. The molecule has 0 fully saturated rings. The minimum absolute atomic E-state index is 0.359. The Labute approximate surface area is 167 Å². The lowest BCUT2D eigenvalue weighted by Gasteiger charge is -2.09. The number of para-hydroxylation sites is 1. The fourth-order valence-electron chi connectivity index (χ4n) is 2.53. The minimum Gasteiger partial charge on any atom is -0.488 e. The molecule has 0 unspecified atom stereocenters. The van der Waals surface area contributed by atoms with Gasteiger partial charge in [0, 0.05) is 12.0 Å². The van der Waals surface area contributed by atoms with Gasteiger partial charge in [-0.1, -0.05) is 31.2 Å². The van der Waals surface area contributed by atoms with Crippen LogP contribution in [0.1, 0.15) is 34.2 Å². The Bertz CT molecular complexity index is 1040. The van der Waals surface area contributed by atoms with Crippen LogP contribution in [0, 0.1) is 4.77 Å². The maximum absolute atomic E-state index is 11.5. The van der Waals surface area contributed by atoms with Gasteiger partial charge in [-0.3, -0.25) is 5.10 Å². The number of hydrogen-bond donors (Lipinski definition) is 1. The summed E-state index contributed by atoms with van der Waals surface area (Å²) >= 11 is 5.21. The van der Waals surface area contributed by atoms with Gasteiger partial charge in [0.25, 0.3) is 0 Å². The standard InChI is InChI=1S/C20H20N4O3S/c1-3-18-22-23-20(28)24(18)21-12-16-6-4-5-7-17(16)27-13-14-8-10-15(11-9-14)19(25)26-2/h4-12H,3,13H2,1-2H3,(H,23,28)/b21-12+. The van der Waals surface area contributed by atoms with E-state index in [1.165, 1.54) is 7.11 Å². The molecule has 0 aliphatic rings. The number of rotatable bonds is 7. The van der Waals surface area contributed by atoms with E-state index in [0.717, 1.165) is 17.0 Å². The minimum atomic E-state index is -0.363. The Morgan fingerprint density at radius 1 is 1.25 bits per heavy atom. The molecule has 3 rings (SSSR count). The first kappa shape index (κ1) is 19.5. The van der Waals surface area contributed by atoms with Crippen molar-refractivity contribution in [3.05, 3.63) is 75.8 Å². The summed E-state index contributed by atoms with van der Waals surface area (Å²) in [7, 11) is 1.36. The van der Waals surface area contributed by atoms with Crippen LogP contribution in [-0.2, 0) is 17.8 Å².